The molecule has 0 unspecified atom stereocenters. The molecular weight excluding hydrogens is 146 g/mol. The number of rotatable bonds is 1. The minimum atomic E-state index is -3.15. The average Bonchev–Trinajstić information content (AvgIpc) is 2.11. The van der Waals surface area contributed by atoms with Crippen molar-refractivity contribution in [1.29, 1.82) is 0 Å². The largest absolute Gasteiger partial charge is 0.518 e. The van der Waals surface area contributed by atoms with Crippen LogP contribution in [0.1, 0.15) is 12.7 Å². The summed E-state index contributed by atoms with van der Waals surface area (Å²) in [5.41, 5.74) is 0. The Bertz CT molecular complexity index is 267. The standard InChI is InChI=1S/C5H4F2O3/c1-5(6,7)3-2-9-4(8)10-3/h2H,1H3. The van der Waals surface area contributed by atoms with E-state index < -0.39 is 17.5 Å². The Balaban J connectivity index is 3.07. The van der Waals surface area contributed by atoms with Crippen molar-refractivity contribution in [2.24, 2.45) is 0 Å². The van der Waals surface area contributed by atoms with Crippen molar-refractivity contribution < 1.29 is 17.6 Å². The van der Waals surface area contributed by atoms with E-state index in [1.54, 1.807) is 0 Å². The monoisotopic (exact) mass is 150 g/mol. The van der Waals surface area contributed by atoms with Gasteiger partial charge in [-0.05, 0) is 0 Å². The van der Waals surface area contributed by atoms with Gasteiger partial charge in [-0.3, -0.25) is 0 Å². The SMILES string of the molecule is CC(F)(F)c1coc(=O)o1. The fraction of sp³-hybridized carbons (Fsp3) is 0.400. The van der Waals surface area contributed by atoms with Crippen LogP contribution in [0.3, 0.4) is 0 Å². The molecule has 0 bridgehead atoms. The Morgan fingerprint density at radius 2 is 2.20 bits per heavy atom. The summed E-state index contributed by atoms with van der Waals surface area (Å²) in [7, 11) is 0. The average molecular weight is 150 g/mol. The molecule has 0 saturated carbocycles. The number of hydrogen-bond acceptors (Lipinski definition) is 3. The minimum absolute atomic E-state index is 0.600. The van der Waals surface area contributed by atoms with Gasteiger partial charge in [0, 0.05) is 6.92 Å². The predicted molar refractivity (Wildman–Crippen MR) is 26.8 cm³/mol. The summed E-state index contributed by atoms with van der Waals surface area (Å²) in [5.74, 6) is -5.01. The van der Waals surface area contributed by atoms with E-state index in [1.807, 2.05) is 0 Å². The second kappa shape index (κ2) is 1.93. The van der Waals surface area contributed by atoms with E-state index in [9.17, 15) is 13.6 Å². The maximum absolute atomic E-state index is 12.2. The summed E-state index contributed by atoms with van der Waals surface area (Å²) in [6.45, 7) is 0.612. The van der Waals surface area contributed by atoms with Gasteiger partial charge in [0.25, 0.3) is 0 Å². The fourth-order valence-corrected chi connectivity index (χ4v) is 0.433. The van der Waals surface area contributed by atoms with Crippen molar-refractivity contribution in [3.05, 3.63) is 22.6 Å². The van der Waals surface area contributed by atoms with Gasteiger partial charge < -0.3 is 8.83 Å². The summed E-state index contributed by atoms with van der Waals surface area (Å²) in [5, 5.41) is 0. The quantitative estimate of drug-likeness (QED) is 0.606. The second-order valence-corrected chi connectivity index (χ2v) is 1.84. The van der Waals surface area contributed by atoms with Gasteiger partial charge in [-0.1, -0.05) is 0 Å². The highest BCUT2D eigenvalue weighted by molar-refractivity contribution is 4.93. The van der Waals surface area contributed by atoms with Crippen LogP contribution in [0, 0.1) is 0 Å². The third-order valence-corrected chi connectivity index (χ3v) is 0.888. The minimum Gasteiger partial charge on any atom is -0.399 e. The molecule has 0 aliphatic rings. The highest BCUT2D eigenvalue weighted by Gasteiger charge is 2.29. The van der Waals surface area contributed by atoms with Crippen molar-refractivity contribution in [2.45, 2.75) is 12.8 Å². The molecule has 1 aromatic heterocycles. The van der Waals surface area contributed by atoms with Gasteiger partial charge in [0.1, 0.15) is 6.26 Å². The first-order valence-electron chi connectivity index (χ1n) is 2.47. The molecule has 0 amide bonds. The van der Waals surface area contributed by atoms with Gasteiger partial charge >= 0.3 is 11.7 Å². The first-order chi connectivity index (χ1) is 4.50. The zero-order chi connectivity index (χ0) is 7.78. The van der Waals surface area contributed by atoms with Crippen LogP contribution in [0.2, 0.25) is 0 Å². The van der Waals surface area contributed by atoms with Crippen LogP contribution in [0.15, 0.2) is 19.9 Å². The molecule has 0 saturated heterocycles. The van der Waals surface area contributed by atoms with Gasteiger partial charge in [-0.15, -0.1) is 0 Å². The fourth-order valence-electron chi connectivity index (χ4n) is 0.433. The van der Waals surface area contributed by atoms with E-state index in [4.69, 9.17) is 0 Å². The van der Waals surface area contributed by atoms with Crippen LogP contribution in [0.4, 0.5) is 8.78 Å². The third kappa shape index (κ3) is 1.23. The van der Waals surface area contributed by atoms with Gasteiger partial charge in [-0.25, -0.2) is 4.79 Å². The lowest BCUT2D eigenvalue weighted by Crippen LogP contribution is -2.05. The Kier molecular flexibility index (Phi) is 1.35. The molecule has 1 heterocycles. The molecule has 0 aliphatic carbocycles. The summed E-state index contributed by atoms with van der Waals surface area (Å²) < 4.78 is 32.3. The van der Waals surface area contributed by atoms with Gasteiger partial charge in [-0.2, -0.15) is 8.78 Å². The molecule has 0 radical (unpaired) electrons. The topological polar surface area (TPSA) is 43.4 Å². The van der Waals surface area contributed by atoms with E-state index >= 15 is 0 Å². The van der Waals surface area contributed by atoms with Crippen LogP contribution in [0.5, 0.6) is 0 Å². The molecule has 10 heavy (non-hydrogen) atoms. The summed E-state index contributed by atoms with van der Waals surface area (Å²) in [6, 6.07) is 0. The second-order valence-electron chi connectivity index (χ2n) is 1.84. The molecule has 56 valence electrons. The third-order valence-electron chi connectivity index (χ3n) is 0.888. The summed E-state index contributed by atoms with van der Waals surface area (Å²) in [4.78, 5) is 10.1. The Morgan fingerprint density at radius 3 is 2.40 bits per heavy atom. The van der Waals surface area contributed by atoms with Crippen molar-refractivity contribution in [3.8, 4) is 0 Å². The van der Waals surface area contributed by atoms with Crippen LogP contribution in [-0.4, -0.2) is 0 Å². The lowest BCUT2D eigenvalue weighted by atomic mass is 10.3. The van der Waals surface area contributed by atoms with Crippen molar-refractivity contribution in [1.82, 2.24) is 0 Å². The zero-order valence-electron chi connectivity index (χ0n) is 5.06. The molecule has 3 nitrogen and oxygen atoms in total. The highest BCUT2D eigenvalue weighted by atomic mass is 19.3. The Morgan fingerprint density at radius 1 is 1.60 bits per heavy atom. The van der Waals surface area contributed by atoms with E-state index in [-0.39, 0.29) is 0 Å². The number of alkyl halides is 2. The van der Waals surface area contributed by atoms with Gasteiger partial charge in [0.15, 0.2) is 0 Å². The van der Waals surface area contributed by atoms with Crippen LogP contribution < -0.4 is 5.82 Å². The van der Waals surface area contributed by atoms with Crippen molar-refractivity contribution in [3.63, 3.8) is 0 Å². The Labute approximate surface area is 54.3 Å². The highest BCUT2D eigenvalue weighted by Crippen LogP contribution is 2.25. The molecular formula is C5H4F2O3. The van der Waals surface area contributed by atoms with E-state index in [1.165, 1.54) is 0 Å². The molecule has 0 N–H and O–H groups in total. The molecule has 5 heteroatoms. The van der Waals surface area contributed by atoms with Gasteiger partial charge in [0.05, 0.1) is 0 Å². The molecule has 0 spiro atoms. The summed E-state index contributed by atoms with van der Waals surface area (Å²) >= 11 is 0. The van der Waals surface area contributed by atoms with Crippen LogP contribution >= 0.6 is 0 Å². The Hall–Kier alpha value is -1.13. The molecule has 0 aromatic carbocycles. The van der Waals surface area contributed by atoms with E-state index in [2.05, 4.69) is 8.83 Å². The molecule has 1 aromatic rings. The number of hydrogen-bond donors (Lipinski definition) is 0. The molecule has 0 fully saturated rings. The smallest absolute Gasteiger partial charge is 0.399 e. The van der Waals surface area contributed by atoms with Crippen LogP contribution in [-0.2, 0) is 5.92 Å². The van der Waals surface area contributed by atoms with Crippen LogP contribution in [0.25, 0.3) is 0 Å². The van der Waals surface area contributed by atoms with E-state index in [0.717, 1.165) is 0 Å². The predicted octanol–water partition coefficient (Wildman–Crippen LogP) is 1.34. The first-order valence-corrected chi connectivity index (χ1v) is 2.47. The lowest BCUT2D eigenvalue weighted by Gasteiger charge is -2.01. The summed E-state index contributed by atoms with van der Waals surface area (Å²) in [6.07, 6.45) is 0.600. The lowest BCUT2D eigenvalue weighted by molar-refractivity contribution is -0.00638. The van der Waals surface area contributed by atoms with Crippen molar-refractivity contribution in [2.75, 3.05) is 0 Å². The molecule has 1 rings (SSSR count). The van der Waals surface area contributed by atoms with Gasteiger partial charge in [0.2, 0.25) is 5.76 Å². The first kappa shape index (κ1) is 6.98. The normalized spacial score (nSPS) is 11.9. The maximum atomic E-state index is 12.2. The number of halogens is 2. The zero-order valence-corrected chi connectivity index (χ0v) is 5.06. The molecule has 0 atom stereocenters. The maximum Gasteiger partial charge on any atom is 0.518 e. The van der Waals surface area contributed by atoms with E-state index in [0.29, 0.717) is 13.2 Å². The van der Waals surface area contributed by atoms with Crippen molar-refractivity contribution >= 4 is 0 Å². The molecule has 0 aliphatic heterocycles.